The molecule has 0 saturated carbocycles. The van der Waals surface area contributed by atoms with Gasteiger partial charge in [0.25, 0.3) is 0 Å². The molecule has 0 aliphatic rings. The second-order valence-corrected chi connectivity index (χ2v) is 6.40. The molecule has 4 heteroatoms. The van der Waals surface area contributed by atoms with E-state index in [2.05, 4.69) is 0 Å². The van der Waals surface area contributed by atoms with Crippen molar-refractivity contribution in [3.63, 3.8) is 0 Å². The van der Waals surface area contributed by atoms with E-state index in [1.165, 1.54) is 0 Å². The first-order chi connectivity index (χ1) is 8.99. The Morgan fingerprint density at radius 2 is 1.79 bits per heavy atom. The molecule has 0 spiro atoms. The lowest BCUT2D eigenvalue weighted by Crippen LogP contribution is -2.03. The second kappa shape index (κ2) is 5.76. The monoisotopic (exact) mass is 293 g/mol. The molecule has 0 fully saturated rings. The molecule has 2 nitrogen and oxygen atoms in total. The summed E-state index contributed by atoms with van der Waals surface area (Å²) in [6, 6.07) is 11.2. The summed E-state index contributed by atoms with van der Waals surface area (Å²) in [5.41, 5.74) is 9.79. The largest absolute Gasteiger partial charge is 0.398 e. The standard InChI is InChI=1S/C15H16ClNOS/c1-10-4-3-5-11(2)13(10)9-19(18)15-7-6-12(16)8-14(15)17/h3-8H,9,17H2,1-2H3. The number of anilines is 1. The van der Waals surface area contributed by atoms with Crippen molar-refractivity contribution in [2.24, 2.45) is 0 Å². The van der Waals surface area contributed by atoms with Crippen LogP contribution in [0.5, 0.6) is 0 Å². The average Bonchev–Trinajstić information content (AvgIpc) is 2.33. The number of rotatable bonds is 3. The van der Waals surface area contributed by atoms with Gasteiger partial charge in [0, 0.05) is 10.7 Å². The van der Waals surface area contributed by atoms with Crippen molar-refractivity contribution in [2.45, 2.75) is 24.5 Å². The lowest BCUT2D eigenvalue weighted by atomic mass is 10.1. The van der Waals surface area contributed by atoms with Gasteiger partial charge in [-0.25, -0.2) is 0 Å². The van der Waals surface area contributed by atoms with Gasteiger partial charge in [-0.2, -0.15) is 0 Å². The Morgan fingerprint density at radius 3 is 2.37 bits per heavy atom. The van der Waals surface area contributed by atoms with E-state index in [1.807, 2.05) is 32.0 Å². The van der Waals surface area contributed by atoms with Crippen molar-refractivity contribution in [1.29, 1.82) is 0 Å². The Balaban J connectivity index is 2.31. The number of aryl methyl sites for hydroxylation is 2. The van der Waals surface area contributed by atoms with Gasteiger partial charge >= 0.3 is 0 Å². The van der Waals surface area contributed by atoms with Crippen LogP contribution in [0.1, 0.15) is 16.7 Å². The van der Waals surface area contributed by atoms with Crippen molar-refractivity contribution in [3.8, 4) is 0 Å². The molecule has 0 radical (unpaired) electrons. The topological polar surface area (TPSA) is 43.1 Å². The molecule has 0 bridgehead atoms. The molecule has 0 heterocycles. The van der Waals surface area contributed by atoms with E-state index < -0.39 is 10.8 Å². The fraction of sp³-hybridized carbons (Fsp3) is 0.200. The van der Waals surface area contributed by atoms with Crippen LogP contribution in [0.15, 0.2) is 41.3 Å². The molecule has 1 unspecified atom stereocenters. The van der Waals surface area contributed by atoms with E-state index in [-0.39, 0.29) is 0 Å². The Labute approximate surface area is 121 Å². The van der Waals surface area contributed by atoms with Gasteiger partial charge in [-0.15, -0.1) is 0 Å². The summed E-state index contributed by atoms with van der Waals surface area (Å²) in [6.45, 7) is 4.06. The lowest BCUT2D eigenvalue weighted by Gasteiger charge is -2.11. The Kier molecular flexibility index (Phi) is 4.27. The third-order valence-corrected chi connectivity index (χ3v) is 4.79. The van der Waals surface area contributed by atoms with Crippen LogP contribution < -0.4 is 5.73 Å². The molecule has 0 saturated heterocycles. The summed E-state index contributed by atoms with van der Waals surface area (Å²) in [5, 5.41) is 0.560. The highest BCUT2D eigenvalue weighted by Gasteiger charge is 2.12. The Hall–Kier alpha value is -1.32. The highest BCUT2D eigenvalue weighted by atomic mass is 35.5. The molecule has 0 aromatic heterocycles. The first-order valence-corrected chi connectivity index (χ1v) is 7.67. The van der Waals surface area contributed by atoms with Crippen LogP contribution in [-0.4, -0.2) is 4.21 Å². The summed E-state index contributed by atoms with van der Waals surface area (Å²) in [6.07, 6.45) is 0. The van der Waals surface area contributed by atoms with Crippen LogP contribution >= 0.6 is 11.6 Å². The molecule has 2 N–H and O–H groups in total. The highest BCUT2D eigenvalue weighted by Crippen LogP contribution is 2.24. The first-order valence-electron chi connectivity index (χ1n) is 5.97. The number of nitrogens with two attached hydrogens (primary N) is 1. The summed E-state index contributed by atoms with van der Waals surface area (Å²) < 4.78 is 12.4. The fourth-order valence-corrected chi connectivity index (χ4v) is 3.61. The average molecular weight is 294 g/mol. The molecule has 1 atom stereocenters. The van der Waals surface area contributed by atoms with E-state index in [4.69, 9.17) is 17.3 Å². The minimum absolute atomic E-state index is 0.477. The number of halogens is 1. The van der Waals surface area contributed by atoms with E-state index >= 15 is 0 Å². The Bertz CT molecular complexity index is 620. The third kappa shape index (κ3) is 3.17. The smallest absolute Gasteiger partial charge is 0.0621 e. The van der Waals surface area contributed by atoms with Crippen molar-refractivity contribution in [2.75, 3.05) is 5.73 Å². The minimum atomic E-state index is -1.16. The normalized spacial score (nSPS) is 12.4. The maximum absolute atomic E-state index is 12.4. The van der Waals surface area contributed by atoms with Crippen molar-refractivity contribution in [1.82, 2.24) is 0 Å². The summed E-state index contributed by atoms with van der Waals surface area (Å²) in [7, 11) is -1.16. The van der Waals surface area contributed by atoms with Crippen LogP contribution in [0.3, 0.4) is 0 Å². The summed E-state index contributed by atoms with van der Waals surface area (Å²) in [5.74, 6) is 0.477. The van der Waals surface area contributed by atoms with E-state index in [1.54, 1.807) is 18.2 Å². The van der Waals surface area contributed by atoms with Gasteiger partial charge in [0.2, 0.25) is 0 Å². The zero-order valence-corrected chi connectivity index (χ0v) is 12.5. The minimum Gasteiger partial charge on any atom is -0.398 e. The number of benzene rings is 2. The third-order valence-electron chi connectivity index (χ3n) is 3.14. The highest BCUT2D eigenvalue weighted by molar-refractivity contribution is 7.84. The summed E-state index contributed by atoms with van der Waals surface area (Å²) in [4.78, 5) is 0.645. The van der Waals surface area contributed by atoms with E-state index in [9.17, 15) is 4.21 Å². The van der Waals surface area contributed by atoms with Crippen molar-refractivity contribution in [3.05, 3.63) is 58.1 Å². The maximum Gasteiger partial charge on any atom is 0.0621 e. The van der Waals surface area contributed by atoms with Crippen molar-refractivity contribution < 1.29 is 4.21 Å². The zero-order chi connectivity index (χ0) is 14.0. The lowest BCUT2D eigenvalue weighted by molar-refractivity contribution is 0.682. The van der Waals surface area contributed by atoms with Crippen LogP contribution in [0.25, 0.3) is 0 Å². The molecule has 19 heavy (non-hydrogen) atoms. The SMILES string of the molecule is Cc1cccc(C)c1CS(=O)c1ccc(Cl)cc1N. The molecule has 2 aromatic rings. The zero-order valence-electron chi connectivity index (χ0n) is 10.9. The van der Waals surface area contributed by atoms with Gasteiger partial charge in [0.1, 0.15) is 0 Å². The predicted octanol–water partition coefficient (Wildman–Crippen LogP) is 3.85. The molecule has 100 valence electrons. The van der Waals surface area contributed by atoms with Gasteiger partial charge in [-0.05, 0) is 48.7 Å². The molecule has 2 aromatic carbocycles. The molecule has 0 aliphatic heterocycles. The quantitative estimate of drug-likeness (QED) is 0.874. The number of hydrogen-bond acceptors (Lipinski definition) is 2. The number of hydrogen-bond donors (Lipinski definition) is 1. The van der Waals surface area contributed by atoms with Gasteiger partial charge in [-0.1, -0.05) is 29.8 Å². The Morgan fingerprint density at radius 1 is 1.16 bits per heavy atom. The fourth-order valence-electron chi connectivity index (χ4n) is 2.01. The van der Waals surface area contributed by atoms with Crippen LogP contribution in [-0.2, 0) is 16.6 Å². The molecule has 2 rings (SSSR count). The van der Waals surface area contributed by atoms with Crippen LogP contribution in [0, 0.1) is 13.8 Å². The maximum atomic E-state index is 12.4. The van der Waals surface area contributed by atoms with Gasteiger partial charge < -0.3 is 5.73 Å². The van der Waals surface area contributed by atoms with Crippen LogP contribution in [0.2, 0.25) is 5.02 Å². The second-order valence-electron chi connectivity index (χ2n) is 4.54. The van der Waals surface area contributed by atoms with Crippen LogP contribution in [0.4, 0.5) is 5.69 Å². The van der Waals surface area contributed by atoms with Gasteiger partial charge in [-0.3, -0.25) is 4.21 Å². The van der Waals surface area contributed by atoms with E-state index in [0.717, 1.165) is 16.7 Å². The predicted molar refractivity (Wildman–Crippen MR) is 81.9 cm³/mol. The molecule has 0 aliphatic carbocycles. The first kappa shape index (κ1) is 14.1. The van der Waals surface area contributed by atoms with Gasteiger partial charge in [0.15, 0.2) is 0 Å². The molecular weight excluding hydrogens is 278 g/mol. The van der Waals surface area contributed by atoms with E-state index in [0.29, 0.717) is 21.4 Å². The van der Waals surface area contributed by atoms with Crippen molar-refractivity contribution >= 4 is 28.1 Å². The summed E-state index contributed by atoms with van der Waals surface area (Å²) >= 11 is 5.85. The van der Waals surface area contributed by atoms with Gasteiger partial charge in [0.05, 0.1) is 21.4 Å². The molecular formula is C15H16ClNOS. The number of nitrogen functional groups attached to an aromatic ring is 1. The molecule has 0 amide bonds.